The highest BCUT2D eigenvalue weighted by molar-refractivity contribution is 5.79. The molecule has 1 aromatic carbocycles. The first-order valence-electron chi connectivity index (χ1n) is 13.8. The van der Waals surface area contributed by atoms with E-state index in [1.165, 1.54) is 23.0 Å². The Balaban J connectivity index is 1.05. The molecule has 4 heterocycles. The lowest BCUT2D eigenvalue weighted by molar-refractivity contribution is -0.141. The van der Waals surface area contributed by atoms with Gasteiger partial charge in [-0.15, -0.1) is 0 Å². The summed E-state index contributed by atoms with van der Waals surface area (Å²) in [4.78, 5) is 37.0. The summed E-state index contributed by atoms with van der Waals surface area (Å²) in [6, 6.07) is 13.3. The molecule has 2 aliphatic rings. The zero-order valence-electron chi connectivity index (χ0n) is 22.2. The van der Waals surface area contributed by atoms with Gasteiger partial charge in [-0.3, -0.25) is 14.2 Å². The van der Waals surface area contributed by atoms with Gasteiger partial charge in [-0.2, -0.15) is 0 Å². The molecule has 0 radical (unpaired) electrons. The van der Waals surface area contributed by atoms with Crippen LogP contribution in [0.2, 0.25) is 0 Å². The number of piperidine rings is 1. The minimum absolute atomic E-state index is 0.0332. The summed E-state index contributed by atoms with van der Waals surface area (Å²) in [6.07, 6.45) is 8.90. The van der Waals surface area contributed by atoms with Crippen molar-refractivity contribution in [3.05, 3.63) is 83.4 Å². The number of ether oxygens (including phenoxy) is 1. The minimum atomic E-state index is -1.11. The van der Waals surface area contributed by atoms with Crippen LogP contribution in [-0.4, -0.2) is 59.8 Å². The number of hydrogen-bond acceptors (Lipinski definition) is 6. The van der Waals surface area contributed by atoms with Crippen LogP contribution >= 0.6 is 0 Å². The smallest absolute Gasteiger partial charge is 0.262 e. The van der Waals surface area contributed by atoms with Crippen LogP contribution in [0.5, 0.6) is 5.88 Å². The van der Waals surface area contributed by atoms with E-state index in [2.05, 4.69) is 9.97 Å². The normalized spacial score (nSPS) is 20.9. The number of aliphatic hydroxyl groups is 1. The number of likely N-dealkylation sites (tertiary alicyclic amines) is 1. The molecule has 0 atom stereocenters. The van der Waals surface area contributed by atoms with E-state index in [9.17, 15) is 19.1 Å². The molecule has 1 N–H and O–H groups in total. The number of carbonyl (C=O) groups excluding carboxylic acids is 1. The van der Waals surface area contributed by atoms with Gasteiger partial charge in [-0.1, -0.05) is 6.07 Å². The zero-order chi connectivity index (χ0) is 27.7. The number of halogens is 1. The van der Waals surface area contributed by atoms with E-state index in [1.54, 1.807) is 35.2 Å². The highest BCUT2D eigenvalue weighted by atomic mass is 19.1. The van der Waals surface area contributed by atoms with Gasteiger partial charge in [0.15, 0.2) is 5.65 Å². The largest absolute Gasteiger partial charge is 0.474 e. The molecular weight excluding hydrogens is 513 g/mol. The Labute approximate surface area is 230 Å². The van der Waals surface area contributed by atoms with Crippen molar-refractivity contribution in [3.63, 3.8) is 0 Å². The van der Waals surface area contributed by atoms with Gasteiger partial charge in [0.25, 0.3) is 5.56 Å². The van der Waals surface area contributed by atoms with Gasteiger partial charge >= 0.3 is 0 Å². The number of hydrogen-bond donors (Lipinski definition) is 1. The van der Waals surface area contributed by atoms with Crippen molar-refractivity contribution in [2.45, 2.75) is 56.8 Å². The lowest BCUT2D eigenvalue weighted by Gasteiger charge is -2.40. The highest BCUT2D eigenvalue weighted by Crippen LogP contribution is 2.31. The van der Waals surface area contributed by atoms with Crippen LogP contribution in [-0.2, 0) is 11.3 Å². The molecule has 0 bridgehead atoms. The van der Waals surface area contributed by atoms with Crippen LogP contribution in [0.4, 0.5) is 4.39 Å². The number of fused-ring (bicyclic) bond motifs is 1. The van der Waals surface area contributed by atoms with E-state index in [-0.39, 0.29) is 35.9 Å². The summed E-state index contributed by atoms with van der Waals surface area (Å²) in [7, 11) is 0. The van der Waals surface area contributed by atoms with Gasteiger partial charge in [0.1, 0.15) is 18.2 Å². The zero-order valence-corrected chi connectivity index (χ0v) is 22.2. The summed E-state index contributed by atoms with van der Waals surface area (Å²) in [5.41, 5.74) is -0.183. The van der Waals surface area contributed by atoms with Crippen molar-refractivity contribution in [1.82, 2.24) is 24.0 Å². The quantitative estimate of drug-likeness (QED) is 0.396. The third kappa shape index (κ3) is 5.36. The SMILES string of the molecule is O=c1c2ccn(-c3ccc(F)cc3)c2ncn1CC1(O)CCN(C(=O)[C@H]2CC[C@H](Oc3ccccn3)CC2)CC1. The maximum Gasteiger partial charge on any atom is 0.262 e. The highest BCUT2D eigenvalue weighted by Gasteiger charge is 2.37. The van der Waals surface area contributed by atoms with E-state index >= 15 is 0 Å². The van der Waals surface area contributed by atoms with Gasteiger partial charge in [0, 0.05) is 43.2 Å². The number of rotatable bonds is 6. The molecule has 1 saturated carbocycles. The maximum atomic E-state index is 13.3. The summed E-state index contributed by atoms with van der Waals surface area (Å²) in [5, 5.41) is 11.7. The van der Waals surface area contributed by atoms with E-state index < -0.39 is 5.60 Å². The summed E-state index contributed by atoms with van der Waals surface area (Å²) in [6.45, 7) is 1.00. The number of pyridine rings is 1. The molecule has 3 aromatic heterocycles. The van der Waals surface area contributed by atoms with E-state index in [1.807, 2.05) is 23.1 Å². The van der Waals surface area contributed by atoms with Crippen molar-refractivity contribution in [3.8, 4) is 11.6 Å². The number of amides is 1. The molecule has 40 heavy (non-hydrogen) atoms. The second-order valence-corrected chi connectivity index (χ2v) is 10.9. The molecule has 1 aliphatic carbocycles. The van der Waals surface area contributed by atoms with E-state index in [4.69, 9.17) is 4.74 Å². The van der Waals surface area contributed by atoms with Crippen molar-refractivity contribution in [1.29, 1.82) is 0 Å². The molecule has 4 aromatic rings. The lowest BCUT2D eigenvalue weighted by Crippen LogP contribution is -2.51. The number of carbonyl (C=O) groups is 1. The van der Waals surface area contributed by atoms with Crippen LogP contribution < -0.4 is 10.3 Å². The fourth-order valence-corrected chi connectivity index (χ4v) is 5.87. The van der Waals surface area contributed by atoms with Crippen LogP contribution in [0.25, 0.3) is 16.7 Å². The standard InChI is InChI=1S/C30H32FN5O4/c31-22-6-8-23(9-7-22)36-16-12-25-27(36)33-20-35(29(25)38)19-30(39)13-17-34(18-14-30)28(37)21-4-10-24(11-5-21)40-26-3-1-2-15-32-26/h1-3,6-9,12,15-16,20-21,24,39H,4-5,10-11,13-14,17-19H2/t21-,24-. The topological polar surface area (TPSA) is 102 Å². The molecule has 10 heteroatoms. The van der Waals surface area contributed by atoms with Gasteiger partial charge in [0.05, 0.1) is 17.5 Å². The molecule has 1 saturated heterocycles. The molecule has 2 fully saturated rings. The average Bonchev–Trinajstić information content (AvgIpc) is 3.41. The molecular formula is C30H32FN5O4. The first kappa shape index (κ1) is 26.2. The molecule has 1 aliphatic heterocycles. The summed E-state index contributed by atoms with van der Waals surface area (Å²) in [5.74, 6) is 0.386. The molecule has 1 amide bonds. The average molecular weight is 546 g/mol. The van der Waals surface area contributed by atoms with Crippen molar-refractivity contribution < 1.29 is 19.0 Å². The Bertz CT molecular complexity index is 1540. The Morgan fingerprint density at radius 1 is 1.02 bits per heavy atom. The Hall–Kier alpha value is -4.05. The van der Waals surface area contributed by atoms with Gasteiger partial charge in [-0.25, -0.2) is 14.4 Å². The predicted octanol–water partition coefficient (Wildman–Crippen LogP) is 3.71. The fraction of sp³-hybridized carbons (Fsp3) is 0.400. The van der Waals surface area contributed by atoms with E-state index in [0.29, 0.717) is 48.5 Å². The van der Waals surface area contributed by atoms with Gasteiger partial charge in [0.2, 0.25) is 11.8 Å². The number of nitrogens with zero attached hydrogens (tertiary/aromatic N) is 5. The predicted molar refractivity (Wildman–Crippen MR) is 147 cm³/mol. The van der Waals surface area contributed by atoms with Crippen LogP contribution in [0, 0.1) is 11.7 Å². The molecule has 6 rings (SSSR count). The third-order valence-corrected chi connectivity index (χ3v) is 8.19. The molecule has 9 nitrogen and oxygen atoms in total. The Kier molecular flexibility index (Phi) is 7.10. The third-order valence-electron chi connectivity index (χ3n) is 8.19. The first-order valence-corrected chi connectivity index (χ1v) is 13.8. The summed E-state index contributed by atoms with van der Waals surface area (Å²) < 4.78 is 22.5. The minimum Gasteiger partial charge on any atom is -0.474 e. The van der Waals surface area contributed by atoms with E-state index in [0.717, 1.165) is 25.7 Å². The van der Waals surface area contributed by atoms with Crippen molar-refractivity contribution >= 4 is 16.9 Å². The van der Waals surface area contributed by atoms with Crippen LogP contribution in [0.3, 0.4) is 0 Å². The Morgan fingerprint density at radius 2 is 1.77 bits per heavy atom. The monoisotopic (exact) mass is 545 g/mol. The second-order valence-electron chi connectivity index (χ2n) is 10.9. The van der Waals surface area contributed by atoms with Crippen molar-refractivity contribution in [2.75, 3.05) is 13.1 Å². The first-order chi connectivity index (χ1) is 19.4. The molecule has 0 spiro atoms. The molecule has 0 unspecified atom stereocenters. The van der Waals surface area contributed by atoms with Crippen molar-refractivity contribution in [2.24, 2.45) is 5.92 Å². The molecule has 208 valence electrons. The number of aromatic nitrogens is 4. The second kappa shape index (κ2) is 10.8. The lowest BCUT2D eigenvalue weighted by atomic mass is 9.85. The maximum absolute atomic E-state index is 13.3. The Morgan fingerprint density at radius 3 is 2.48 bits per heavy atom. The van der Waals surface area contributed by atoms with Gasteiger partial charge in [-0.05, 0) is 74.9 Å². The van der Waals surface area contributed by atoms with Gasteiger partial charge < -0.3 is 19.3 Å². The summed E-state index contributed by atoms with van der Waals surface area (Å²) >= 11 is 0. The van der Waals surface area contributed by atoms with Crippen LogP contribution in [0.15, 0.2) is 72.0 Å². The number of benzene rings is 1. The van der Waals surface area contributed by atoms with Crippen LogP contribution in [0.1, 0.15) is 38.5 Å². The fourth-order valence-electron chi connectivity index (χ4n) is 5.87.